The third kappa shape index (κ3) is 2.10. The minimum Gasteiger partial charge on any atom is -0.258 e. The van der Waals surface area contributed by atoms with Gasteiger partial charge >= 0.3 is 11.4 Å². The number of nitro groups is 2. The molecule has 0 heterocycles. The monoisotopic (exact) mass is 295 g/mol. The van der Waals surface area contributed by atoms with Crippen LogP contribution in [0, 0.1) is 31.6 Å². The SMILES string of the molecule is N#Cc1c(Cl)c([N+](=O)[O-])c(Cl)c([N+](=O)[O-])c1Cl. The molecule has 1 rings (SSSR count). The Morgan fingerprint density at radius 2 is 1.29 bits per heavy atom. The average molecular weight is 296 g/mol. The van der Waals surface area contributed by atoms with Crippen LogP contribution in [0.4, 0.5) is 11.4 Å². The average Bonchev–Trinajstić information content (AvgIpc) is 2.16. The molecule has 0 spiro atoms. The van der Waals surface area contributed by atoms with E-state index >= 15 is 0 Å². The maximum atomic E-state index is 10.7. The third-order valence-corrected chi connectivity index (χ3v) is 2.84. The molecule has 0 aliphatic carbocycles. The van der Waals surface area contributed by atoms with Crippen LogP contribution >= 0.6 is 34.8 Å². The number of nitro benzene ring substituents is 2. The van der Waals surface area contributed by atoms with E-state index in [1.807, 2.05) is 0 Å². The van der Waals surface area contributed by atoms with E-state index in [9.17, 15) is 20.2 Å². The summed E-state index contributed by atoms with van der Waals surface area (Å²) in [5.74, 6) is 0. The maximum absolute atomic E-state index is 10.7. The lowest BCUT2D eigenvalue weighted by molar-refractivity contribution is -0.393. The molecule has 0 saturated heterocycles. The first-order valence-electron chi connectivity index (χ1n) is 3.72. The maximum Gasteiger partial charge on any atom is 0.314 e. The van der Waals surface area contributed by atoms with Crippen molar-refractivity contribution in [2.75, 3.05) is 0 Å². The van der Waals surface area contributed by atoms with E-state index in [0.29, 0.717) is 0 Å². The van der Waals surface area contributed by atoms with E-state index in [-0.39, 0.29) is 0 Å². The Bertz CT molecular complexity index is 540. The van der Waals surface area contributed by atoms with Gasteiger partial charge in [-0.25, -0.2) is 0 Å². The highest BCUT2D eigenvalue weighted by Crippen LogP contribution is 2.46. The zero-order chi connectivity index (χ0) is 13.3. The number of halogens is 3. The van der Waals surface area contributed by atoms with Crippen LogP contribution in [-0.4, -0.2) is 9.85 Å². The standard InChI is InChI=1S/C7Cl3N3O4/c8-3-2(1-11)4(9)7(13(16)17)5(10)6(3)12(14)15. The highest BCUT2D eigenvalue weighted by molar-refractivity contribution is 6.44. The summed E-state index contributed by atoms with van der Waals surface area (Å²) in [6.45, 7) is 0. The van der Waals surface area contributed by atoms with E-state index in [4.69, 9.17) is 40.1 Å². The molecule has 1 aromatic rings. The molecule has 0 bridgehead atoms. The number of hydrogen-bond acceptors (Lipinski definition) is 5. The highest BCUT2D eigenvalue weighted by Gasteiger charge is 2.34. The van der Waals surface area contributed by atoms with Crippen LogP contribution < -0.4 is 0 Å². The minimum atomic E-state index is -1.02. The van der Waals surface area contributed by atoms with Gasteiger partial charge in [-0.2, -0.15) is 5.26 Å². The fourth-order valence-corrected chi connectivity index (χ4v) is 2.13. The molecule has 10 heteroatoms. The quantitative estimate of drug-likeness (QED) is 0.614. The summed E-state index contributed by atoms with van der Waals surface area (Å²) >= 11 is 16.5. The Morgan fingerprint density at radius 3 is 1.53 bits per heavy atom. The normalized spacial score (nSPS) is 9.76. The Labute approximate surface area is 108 Å². The van der Waals surface area contributed by atoms with Gasteiger partial charge < -0.3 is 0 Å². The van der Waals surface area contributed by atoms with Crippen molar-refractivity contribution in [3.63, 3.8) is 0 Å². The molecule has 0 atom stereocenters. The number of nitrogens with zero attached hydrogens (tertiary/aromatic N) is 3. The molecular weight excluding hydrogens is 296 g/mol. The zero-order valence-corrected chi connectivity index (χ0v) is 9.88. The summed E-state index contributed by atoms with van der Waals surface area (Å²) in [4.78, 5) is 19.3. The summed E-state index contributed by atoms with van der Waals surface area (Å²) in [5, 5.41) is 27.9. The molecule has 0 amide bonds. The van der Waals surface area contributed by atoms with Gasteiger partial charge in [0.05, 0.1) is 9.85 Å². The van der Waals surface area contributed by atoms with Crippen molar-refractivity contribution in [1.29, 1.82) is 5.26 Å². The van der Waals surface area contributed by atoms with Crippen molar-refractivity contribution in [2.24, 2.45) is 0 Å². The van der Waals surface area contributed by atoms with Gasteiger partial charge in [0.2, 0.25) is 0 Å². The number of rotatable bonds is 2. The van der Waals surface area contributed by atoms with E-state index in [2.05, 4.69) is 0 Å². The minimum absolute atomic E-state index is 0.559. The third-order valence-electron chi connectivity index (χ3n) is 1.75. The van der Waals surface area contributed by atoms with Crippen LogP contribution in [0.2, 0.25) is 15.1 Å². The molecule has 0 unspecified atom stereocenters. The van der Waals surface area contributed by atoms with Crippen LogP contribution in [0.15, 0.2) is 0 Å². The van der Waals surface area contributed by atoms with E-state index in [1.165, 1.54) is 6.07 Å². The fourth-order valence-electron chi connectivity index (χ4n) is 1.06. The van der Waals surface area contributed by atoms with Crippen LogP contribution in [-0.2, 0) is 0 Å². The zero-order valence-electron chi connectivity index (χ0n) is 7.61. The van der Waals surface area contributed by atoms with Crippen LogP contribution in [0.25, 0.3) is 0 Å². The molecule has 7 nitrogen and oxygen atoms in total. The Hall–Kier alpha value is -1.62. The van der Waals surface area contributed by atoms with Crippen molar-refractivity contribution >= 4 is 46.2 Å². The largest absolute Gasteiger partial charge is 0.314 e. The first-order chi connectivity index (χ1) is 7.82. The van der Waals surface area contributed by atoms with Gasteiger partial charge in [-0.05, 0) is 0 Å². The van der Waals surface area contributed by atoms with Gasteiger partial charge in [0.1, 0.15) is 21.7 Å². The predicted molar refractivity (Wildman–Crippen MR) is 59.5 cm³/mol. The first-order valence-corrected chi connectivity index (χ1v) is 4.85. The first kappa shape index (κ1) is 13.4. The van der Waals surface area contributed by atoms with Gasteiger partial charge in [0, 0.05) is 0 Å². The van der Waals surface area contributed by atoms with Crippen molar-refractivity contribution < 1.29 is 9.85 Å². The fraction of sp³-hybridized carbons (Fsp3) is 0. The van der Waals surface area contributed by atoms with Gasteiger partial charge in [-0.1, -0.05) is 34.8 Å². The molecule has 0 saturated carbocycles. The second-order valence-corrected chi connectivity index (χ2v) is 3.77. The summed E-state index contributed by atoms with van der Waals surface area (Å²) in [7, 11) is 0. The van der Waals surface area contributed by atoms with E-state index in [0.717, 1.165) is 0 Å². The smallest absolute Gasteiger partial charge is 0.258 e. The molecule has 0 N–H and O–H groups in total. The summed E-state index contributed by atoms with van der Waals surface area (Å²) < 4.78 is 0. The van der Waals surface area contributed by atoms with Crippen molar-refractivity contribution in [2.45, 2.75) is 0 Å². The molecule has 88 valence electrons. The highest BCUT2D eigenvalue weighted by atomic mass is 35.5. The Balaban J connectivity index is 3.91. The summed E-state index contributed by atoms with van der Waals surface area (Å²) in [5.41, 5.74) is -2.39. The number of benzene rings is 1. The second kappa shape index (κ2) is 4.71. The van der Waals surface area contributed by atoms with Crippen molar-refractivity contribution in [1.82, 2.24) is 0 Å². The van der Waals surface area contributed by atoms with Gasteiger partial charge in [0.15, 0.2) is 5.02 Å². The molecule has 1 aromatic carbocycles. The van der Waals surface area contributed by atoms with E-state index < -0.39 is 41.9 Å². The number of hydrogen-bond donors (Lipinski definition) is 0. The van der Waals surface area contributed by atoms with Crippen LogP contribution in [0.3, 0.4) is 0 Å². The molecule has 0 radical (unpaired) electrons. The van der Waals surface area contributed by atoms with E-state index in [1.54, 1.807) is 0 Å². The summed E-state index contributed by atoms with van der Waals surface area (Å²) in [6.07, 6.45) is 0. The molecular formula is C7Cl3N3O4. The lowest BCUT2D eigenvalue weighted by Crippen LogP contribution is -1.99. The van der Waals surface area contributed by atoms with Gasteiger partial charge in [-0.15, -0.1) is 0 Å². The van der Waals surface area contributed by atoms with Crippen molar-refractivity contribution in [3.8, 4) is 6.07 Å². The molecule has 0 aliphatic rings. The summed E-state index contributed by atoms with van der Waals surface area (Å²) in [6, 6.07) is 1.45. The van der Waals surface area contributed by atoms with Crippen LogP contribution in [0.5, 0.6) is 0 Å². The van der Waals surface area contributed by atoms with Gasteiger partial charge in [0.25, 0.3) is 0 Å². The predicted octanol–water partition coefficient (Wildman–Crippen LogP) is 3.33. The molecule has 0 fully saturated rings. The van der Waals surface area contributed by atoms with Crippen molar-refractivity contribution in [3.05, 3.63) is 40.9 Å². The topological polar surface area (TPSA) is 110 Å². The second-order valence-electron chi connectivity index (χ2n) is 2.64. The number of nitriles is 1. The molecule has 0 aliphatic heterocycles. The Morgan fingerprint density at radius 1 is 0.941 bits per heavy atom. The Kier molecular flexibility index (Phi) is 3.72. The molecule has 17 heavy (non-hydrogen) atoms. The van der Waals surface area contributed by atoms with Crippen LogP contribution in [0.1, 0.15) is 5.56 Å². The molecule has 0 aromatic heterocycles. The van der Waals surface area contributed by atoms with Gasteiger partial charge in [-0.3, -0.25) is 20.2 Å². The lowest BCUT2D eigenvalue weighted by atomic mass is 10.2. The lowest BCUT2D eigenvalue weighted by Gasteiger charge is -2.04.